The molecule has 98 valence electrons. The summed E-state index contributed by atoms with van der Waals surface area (Å²) in [4.78, 5) is 22.7. The molecule has 0 N–H and O–H groups in total. The number of hydrogen-bond acceptors (Lipinski definition) is 4. The van der Waals surface area contributed by atoms with Crippen LogP contribution in [0.4, 0.5) is 0 Å². The summed E-state index contributed by atoms with van der Waals surface area (Å²) in [5, 5.41) is 0. The topological polar surface area (TPSA) is 52.6 Å². The Hall–Kier alpha value is -1.06. The number of hydrogen-bond donors (Lipinski definition) is 0. The summed E-state index contributed by atoms with van der Waals surface area (Å²) < 4.78 is 9.39. The molecule has 0 aliphatic heterocycles. The zero-order valence-electron chi connectivity index (χ0n) is 10.7. The fourth-order valence-electron chi connectivity index (χ4n) is 2.61. The maximum atomic E-state index is 11.4. The van der Waals surface area contributed by atoms with Gasteiger partial charge in [0, 0.05) is 12.8 Å². The van der Waals surface area contributed by atoms with E-state index in [9.17, 15) is 9.59 Å². The van der Waals surface area contributed by atoms with Gasteiger partial charge in [0.1, 0.15) is 0 Å². The van der Waals surface area contributed by atoms with Gasteiger partial charge in [-0.1, -0.05) is 32.1 Å². The molecule has 0 bridgehead atoms. The molecule has 0 heterocycles. The van der Waals surface area contributed by atoms with E-state index in [1.165, 1.54) is 33.5 Å². The van der Waals surface area contributed by atoms with Crippen molar-refractivity contribution >= 4 is 11.9 Å². The van der Waals surface area contributed by atoms with Gasteiger partial charge in [0.2, 0.25) is 0 Å². The SMILES string of the molecule is COC(=O)CC(CC(=O)OC)C1CCCCC1. The lowest BCUT2D eigenvalue weighted by Crippen LogP contribution is -2.24. The predicted molar refractivity (Wildman–Crippen MR) is 63.3 cm³/mol. The molecule has 0 saturated heterocycles. The minimum absolute atomic E-state index is 0.0789. The van der Waals surface area contributed by atoms with Crippen molar-refractivity contribution in [1.29, 1.82) is 0 Å². The number of carbonyl (C=O) groups is 2. The van der Waals surface area contributed by atoms with Crippen LogP contribution in [0.3, 0.4) is 0 Å². The summed E-state index contributed by atoms with van der Waals surface area (Å²) in [6.07, 6.45) is 6.54. The van der Waals surface area contributed by atoms with E-state index in [1.807, 2.05) is 0 Å². The zero-order chi connectivity index (χ0) is 12.7. The van der Waals surface area contributed by atoms with Crippen LogP contribution < -0.4 is 0 Å². The summed E-state index contributed by atoms with van der Waals surface area (Å²) in [5.41, 5.74) is 0. The van der Waals surface area contributed by atoms with E-state index < -0.39 is 0 Å². The normalized spacial score (nSPS) is 16.9. The molecule has 0 atom stereocenters. The molecule has 0 aromatic heterocycles. The number of methoxy groups -OCH3 is 2. The Morgan fingerprint density at radius 3 is 1.88 bits per heavy atom. The zero-order valence-corrected chi connectivity index (χ0v) is 10.7. The molecule has 0 spiro atoms. The van der Waals surface area contributed by atoms with Gasteiger partial charge in [-0.25, -0.2) is 0 Å². The third kappa shape index (κ3) is 4.75. The van der Waals surface area contributed by atoms with Gasteiger partial charge in [0.15, 0.2) is 0 Å². The Morgan fingerprint density at radius 1 is 1.00 bits per heavy atom. The maximum Gasteiger partial charge on any atom is 0.305 e. The molecule has 1 aliphatic carbocycles. The van der Waals surface area contributed by atoms with Gasteiger partial charge in [0.25, 0.3) is 0 Å². The van der Waals surface area contributed by atoms with Crippen LogP contribution in [-0.4, -0.2) is 26.2 Å². The van der Waals surface area contributed by atoms with Crippen molar-refractivity contribution in [3.8, 4) is 0 Å². The molecule has 1 saturated carbocycles. The lowest BCUT2D eigenvalue weighted by atomic mass is 9.77. The second-order valence-electron chi connectivity index (χ2n) is 4.72. The van der Waals surface area contributed by atoms with Gasteiger partial charge in [-0.05, 0) is 11.8 Å². The molecular formula is C13H22O4. The van der Waals surface area contributed by atoms with Crippen LogP contribution in [0.2, 0.25) is 0 Å². The van der Waals surface area contributed by atoms with Crippen molar-refractivity contribution < 1.29 is 19.1 Å². The molecule has 1 rings (SSSR count). The average Bonchev–Trinajstić information content (AvgIpc) is 2.38. The molecule has 0 radical (unpaired) electrons. The van der Waals surface area contributed by atoms with Crippen LogP contribution in [-0.2, 0) is 19.1 Å². The number of rotatable bonds is 5. The molecule has 0 unspecified atom stereocenters. The highest BCUT2D eigenvalue weighted by Crippen LogP contribution is 2.34. The van der Waals surface area contributed by atoms with Gasteiger partial charge < -0.3 is 9.47 Å². The van der Waals surface area contributed by atoms with Crippen molar-refractivity contribution in [2.45, 2.75) is 44.9 Å². The quantitative estimate of drug-likeness (QED) is 0.694. The monoisotopic (exact) mass is 242 g/mol. The first kappa shape index (κ1) is 14.0. The third-order valence-electron chi connectivity index (χ3n) is 3.63. The fraction of sp³-hybridized carbons (Fsp3) is 0.846. The molecular weight excluding hydrogens is 220 g/mol. The van der Waals surface area contributed by atoms with Gasteiger partial charge in [0.05, 0.1) is 14.2 Å². The highest BCUT2D eigenvalue weighted by Gasteiger charge is 2.28. The van der Waals surface area contributed by atoms with E-state index in [-0.39, 0.29) is 17.9 Å². The lowest BCUT2D eigenvalue weighted by molar-refractivity contribution is -0.145. The Balaban J connectivity index is 2.56. The Morgan fingerprint density at radius 2 is 1.47 bits per heavy atom. The summed E-state index contributed by atoms with van der Waals surface area (Å²) >= 11 is 0. The lowest BCUT2D eigenvalue weighted by Gasteiger charge is -2.28. The summed E-state index contributed by atoms with van der Waals surface area (Å²) in [6, 6.07) is 0. The van der Waals surface area contributed by atoms with E-state index in [2.05, 4.69) is 0 Å². The van der Waals surface area contributed by atoms with Crippen LogP contribution >= 0.6 is 0 Å². The van der Waals surface area contributed by atoms with Crippen molar-refractivity contribution in [2.75, 3.05) is 14.2 Å². The third-order valence-corrected chi connectivity index (χ3v) is 3.63. The molecule has 0 aromatic carbocycles. The Labute approximate surface area is 103 Å². The van der Waals surface area contributed by atoms with Crippen molar-refractivity contribution in [3.05, 3.63) is 0 Å². The average molecular weight is 242 g/mol. The highest BCUT2D eigenvalue weighted by molar-refractivity contribution is 5.73. The van der Waals surface area contributed by atoms with Crippen molar-refractivity contribution in [2.24, 2.45) is 11.8 Å². The summed E-state index contributed by atoms with van der Waals surface area (Å²) in [7, 11) is 2.77. The van der Waals surface area contributed by atoms with Gasteiger partial charge >= 0.3 is 11.9 Å². The van der Waals surface area contributed by atoms with Crippen LogP contribution in [0.25, 0.3) is 0 Å². The predicted octanol–water partition coefficient (Wildman–Crippen LogP) is 2.31. The molecule has 4 heteroatoms. The van der Waals surface area contributed by atoms with E-state index in [0.29, 0.717) is 18.8 Å². The Bertz CT molecular complexity index is 238. The number of esters is 2. The first-order chi connectivity index (χ1) is 8.17. The number of carbonyl (C=O) groups excluding carboxylic acids is 2. The molecule has 17 heavy (non-hydrogen) atoms. The van der Waals surface area contributed by atoms with Crippen LogP contribution in [0, 0.1) is 11.8 Å². The summed E-state index contributed by atoms with van der Waals surface area (Å²) in [5.74, 6) is 0.0751. The molecule has 0 aromatic rings. The summed E-state index contributed by atoms with van der Waals surface area (Å²) in [6.45, 7) is 0. The fourth-order valence-corrected chi connectivity index (χ4v) is 2.61. The maximum absolute atomic E-state index is 11.4. The van der Waals surface area contributed by atoms with Crippen molar-refractivity contribution in [1.82, 2.24) is 0 Å². The molecule has 4 nitrogen and oxygen atoms in total. The van der Waals surface area contributed by atoms with Gasteiger partial charge in [-0.2, -0.15) is 0 Å². The first-order valence-corrected chi connectivity index (χ1v) is 6.31. The van der Waals surface area contributed by atoms with Gasteiger partial charge in [-0.15, -0.1) is 0 Å². The Kier molecular flexibility index (Phi) is 6.01. The van der Waals surface area contributed by atoms with E-state index in [0.717, 1.165) is 12.8 Å². The highest BCUT2D eigenvalue weighted by atomic mass is 16.5. The minimum atomic E-state index is -0.232. The second kappa shape index (κ2) is 7.30. The number of ether oxygens (including phenoxy) is 2. The second-order valence-corrected chi connectivity index (χ2v) is 4.72. The van der Waals surface area contributed by atoms with Crippen LogP contribution in [0.15, 0.2) is 0 Å². The van der Waals surface area contributed by atoms with Crippen LogP contribution in [0.5, 0.6) is 0 Å². The molecule has 1 aliphatic rings. The standard InChI is InChI=1S/C13H22O4/c1-16-12(14)8-11(9-13(15)17-2)10-6-4-3-5-7-10/h10-11H,3-9H2,1-2H3. The van der Waals surface area contributed by atoms with Crippen molar-refractivity contribution in [3.63, 3.8) is 0 Å². The van der Waals surface area contributed by atoms with Gasteiger partial charge in [-0.3, -0.25) is 9.59 Å². The smallest absolute Gasteiger partial charge is 0.305 e. The van der Waals surface area contributed by atoms with E-state index in [1.54, 1.807) is 0 Å². The van der Waals surface area contributed by atoms with E-state index >= 15 is 0 Å². The minimum Gasteiger partial charge on any atom is -0.469 e. The first-order valence-electron chi connectivity index (χ1n) is 6.31. The molecule has 0 amide bonds. The van der Waals surface area contributed by atoms with E-state index in [4.69, 9.17) is 9.47 Å². The largest absolute Gasteiger partial charge is 0.469 e. The van der Waals surface area contributed by atoms with Crippen LogP contribution in [0.1, 0.15) is 44.9 Å². The molecule has 1 fully saturated rings.